The molecular formula is C21H21ClN2O4S. The largest absolute Gasteiger partial charge is 0.489 e. The highest BCUT2D eigenvalue weighted by Crippen LogP contribution is 2.38. The average molecular weight is 433 g/mol. The smallest absolute Gasteiger partial charge is 0.237 e. The molecule has 0 bridgehead atoms. The molecule has 2 aliphatic rings. The summed E-state index contributed by atoms with van der Waals surface area (Å²) < 4.78 is 11.3. The van der Waals surface area contributed by atoms with Crippen molar-refractivity contribution in [3.63, 3.8) is 0 Å². The minimum absolute atomic E-state index is 0.0242. The van der Waals surface area contributed by atoms with E-state index >= 15 is 0 Å². The maximum absolute atomic E-state index is 12.4. The zero-order valence-electron chi connectivity index (χ0n) is 15.8. The minimum Gasteiger partial charge on any atom is -0.489 e. The monoisotopic (exact) mass is 432 g/mol. The Balaban J connectivity index is 1.35. The molecule has 2 heterocycles. The maximum Gasteiger partial charge on any atom is 0.237 e. The van der Waals surface area contributed by atoms with Crippen LogP contribution in [0.2, 0.25) is 5.02 Å². The summed E-state index contributed by atoms with van der Waals surface area (Å²) in [5.74, 6) is 1.45. The number of para-hydroxylation sites is 1. The zero-order valence-corrected chi connectivity index (χ0v) is 17.4. The van der Waals surface area contributed by atoms with Crippen molar-refractivity contribution in [1.82, 2.24) is 5.32 Å². The fourth-order valence-electron chi connectivity index (χ4n) is 3.29. The number of nitrogens with zero attached hydrogens (tertiary/aromatic N) is 1. The number of anilines is 1. The van der Waals surface area contributed by atoms with Gasteiger partial charge in [-0.25, -0.2) is 0 Å². The summed E-state index contributed by atoms with van der Waals surface area (Å²) >= 11 is 7.83. The van der Waals surface area contributed by atoms with E-state index in [2.05, 4.69) is 5.32 Å². The number of nitrogens with one attached hydrogen (secondary N) is 1. The first-order chi connectivity index (χ1) is 14.1. The highest BCUT2D eigenvalue weighted by atomic mass is 35.5. The first-order valence-electron chi connectivity index (χ1n) is 9.49. The summed E-state index contributed by atoms with van der Waals surface area (Å²) in [5, 5.41) is 3.36. The number of carbonyl (C=O) groups is 2. The topological polar surface area (TPSA) is 67.9 Å². The van der Waals surface area contributed by atoms with E-state index in [1.54, 1.807) is 11.0 Å². The molecule has 2 aromatic rings. The van der Waals surface area contributed by atoms with E-state index < -0.39 is 0 Å². The van der Waals surface area contributed by atoms with Gasteiger partial charge in [0.25, 0.3) is 0 Å². The lowest BCUT2D eigenvalue weighted by Crippen LogP contribution is -2.38. The average Bonchev–Trinajstić information content (AvgIpc) is 2.97. The minimum atomic E-state index is -0.128. The van der Waals surface area contributed by atoms with Crippen molar-refractivity contribution in [3.8, 4) is 11.5 Å². The van der Waals surface area contributed by atoms with Gasteiger partial charge in [-0.1, -0.05) is 23.7 Å². The first-order valence-corrected chi connectivity index (χ1v) is 10.8. The Morgan fingerprint density at radius 2 is 2.03 bits per heavy atom. The van der Waals surface area contributed by atoms with Gasteiger partial charge < -0.3 is 19.7 Å². The molecule has 0 saturated heterocycles. The predicted octanol–water partition coefficient (Wildman–Crippen LogP) is 3.65. The molecule has 4 rings (SSSR count). The van der Waals surface area contributed by atoms with E-state index in [0.717, 1.165) is 22.6 Å². The summed E-state index contributed by atoms with van der Waals surface area (Å²) in [6.07, 6.45) is 1.02. The van der Waals surface area contributed by atoms with Gasteiger partial charge >= 0.3 is 0 Å². The van der Waals surface area contributed by atoms with Crippen LogP contribution < -0.4 is 19.7 Å². The summed E-state index contributed by atoms with van der Waals surface area (Å²) in [5.41, 5.74) is 1.71. The summed E-state index contributed by atoms with van der Waals surface area (Å²) in [6.45, 7) is 1.82. The van der Waals surface area contributed by atoms with Gasteiger partial charge in [0.15, 0.2) is 11.5 Å². The van der Waals surface area contributed by atoms with Gasteiger partial charge in [-0.15, -0.1) is 11.8 Å². The third-order valence-corrected chi connectivity index (χ3v) is 6.05. The Bertz CT molecular complexity index is 937. The van der Waals surface area contributed by atoms with E-state index in [1.807, 2.05) is 30.3 Å². The number of thioether (sulfide) groups is 1. The summed E-state index contributed by atoms with van der Waals surface area (Å²) in [4.78, 5) is 27.4. The van der Waals surface area contributed by atoms with Crippen LogP contribution in [0.1, 0.15) is 18.4 Å². The normalized spacial score (nSPS) is 15.5. The van der Waals surface area contributed by atoms with E-state index in [4.69, 9.17) is 21.1 Å². The van der Waals surface area contributed by atoms with Gasteiger partial charge in [-0.2, -0.15) is 0 Å². The van der Waals surface area contributed by atoms with Crippen LogP contribution >= 0.6 is 23.4 Å². The van der Waals surface area contributed by atoms with Gasteiger partial charge in [0, 0.05) is 30.8 Å². The van der Waals surface area contributed by atoms with E-state index in [9.17, 15) is 9.59 Å². The van der Waals surface area contributed by atoms with E-state index in [-0.39, 0.29) is 18.2 Å². The number of benzene rings is 2. The molecule has 152 valence electrons. The number of rotatable bonds is 5. The second-order valence-electron chi connectivity index (χ2n) is 6.78. The molecule has 1 N–H and O–H groups in total. The number of hydrogen-bond acceptors (Lipinski definition) is 5. The van der Waals surface area contributed by atoms with Crippen molar-refractivity contribution in [3.05, 3.63) is 47.0 Å². The zero-order chi connectivity index (χ0) is 20.2. The molecule has 0 spiro atoms. The lowest BCUT2D eigenvalue weighted by molar-refractivity contribution is -0.121. The molecule has 0 aromatic heterocycles. The molecule has 0 radical (unpaired) electrons. The number of carbonyl (C=O) groups excluding carboxylic acids is 2. The van der Waals surface area contributed by atoms with Crippen molar-refractivity contribution < 1.29 is 19.1 Å². The number of ether oxygens (including phenoxy) is 2. The van der Waals surface area contributed by atoms with Crippen LogP contribution in [0.5, 0.6) is 11.5 Å². The molecule has 29 heavy (non-hydrogen) atoms. The van der Waals surface area contributed by atoms with Gasteiger partial charge in [0.1, 0.15) is 0 Å². The van der Waals surface area contributed by atoms with E-state index in [1.165, 1.54) is 11.8 Å². The van der Waals surface area contributed by atoms with Crippen molar-refractivity contribution >= 4 is 40.9 Å². The molecule has 2 aromatic carbocycles. The molecule has 8 heteroatoms. The fourth-order valence-corrected chi connectivity index (χ4v) is 4.51. The van der Waals surface area contributed by atoms with Crippen molar-refractivity contribution in [2.24, 2.45) is 0 Å². The molecule has 0 unspecified atom stereocenters. The standard InChI is InChI=1S/C21H21ClN2O4S/c22-15-10-14(11-17-21(15)28-9-3-8-27-17)12-23-19(25)6-7-24-16-4-1-2-5-18(16)29-13-20(24)26/h1-2,4-5,10-11H,3,6-9,12-13H2,(H,23,25). The van der Waals surface area contributed by atoms with Crippen LogP contribution in [0.15, 0.2) is 41.3 Å². The molecule has 2 aliphatic heterocycles. The highest BCUT2D eigenvalue weighted by molar-refractivity contribution is 8.00. The Morgan fingerprint density at radius 3 is 2.93 bits per heavy atom. The van der Waals surface area contributed by atoms with Crippen LogP contribution in [-0.4, -0.2) is 37.3 Å². The van der Waals surface area contributed by atoms with Crippen molar-refractivity contribution in [2.75, 3.05) is 30.4 Å². The van der Waals surface area contributed by atoms with Crippen LogP contribution in [0.25, 0.3) is 0 Å². The third-order valence-electron chi connectivity index (χ3n) is 4.72. The Labute approximate surface area is 178 Å². The quantitative estimate of drug-likeness (QED) is 0.781. The molecule has 0 atom stereocenters. The molecule has 2 amide bonds. The molecule has 0 fully saturated rings. The molecule has 0 saturated carbocycles. The van der Waals surface area contributed by atoms with Crippen molar-refractivity contribution in [1.29, 1.82) is 0 Å². The Kier molecular flexibility index (Phi) is 6.16. The number of halogens is 1. The number of fused-ring (bicyclic) bond motifs is 2. The SMILES string of the molecule is O=C(CCN1C(=O)CSc2ccccc21)NCc1cc(Cl)c2c(c1)OCCCO2. The predicted molar refractivity (Wildman–Crippen MR) is 113 cm³/mol. The Hall–Kier alpha value is -2.38. The van der Waals surface area contributed by atoms with Gasteiger partial charge in [-0.05, 0) is 29.8 Å². The van der Waals surface area contributed by atoms with Crippen LogP contribution in [0, 0.1) is 0 Å². The summed E-state index contributed by atoms with van der Waals surface area (Å²) in [6, 6.07) is 11.4. The Morgan fingerprint density at radius 1 is 1.21 bits per heavy atom. The number of hydrogen-bond donors (Lipinski definition) is 1. The summed E-state index contributed by atoms with van der Waals surface area (Å²) in [7, 11) is 0. The second-order valence-corrected chi connectivity index (χ2v) is 8.21. The number of amides is 2. The van der Waals surface area contributed by atoms with Crippen LogP contribution in [-0.2, 0) is 16.1 Å². The second kappa shape index (κ2) is 8.97. The molecule has 0 aliphatic carbocycles. The van der Waals surface area contributed by atoms with Crippen molar-refractivity contribution in [2.45, 2.75) is 24.3 Å². The molecular weight excluding hydrogens is 412 g/mol. The third kappa shape index (κ3) is 4.62. The molecule has 6 nitrogen and oxygen atoms in total. The maximum atomic E-state index is 12.4. The van der Waals surface area contributed by atoms with Gasteiger partial charge in [0.2, 0.25) is 11.8 Å². The fraction of sp³-hybridized carbons (Fsp3) is 0.333. The van der Waals surface area contributed by atoms with Gasteiger partial charge in [-0.3, -0.25) is 9.59 Å². The lowest BCUT2D eigenvalue weighted by Gasteiger charge is -2.28. The van der Waals surface area contributed by atoms with Crippen LogP contribution in [0.4, 0.5) is 5.69 Å². The van der Waals surface area contributed by atoms with Gasteiger partial charge in [0.05, 0.1) is 29.7 Å². The van der Waals surface area contributed by atoms with E-state index in [0.29, 0.717) is 48.6 Å². The first kappa shape index (κ1) is 19.9. The highest BCUT2D eigenvalue weighted by Gasteiger charge is 2.24. The van der Waals surface area contributed by atoms with Crippen LogP contribution in [0.3, 0.4) is 0 Å². The lowest BCUT2D eigenvalue weighted by atomic mass is 10.2.